The van der Waals surface area contributed by atoms with Gasteiger partial charge in [-0.05, 0) is 6.92 Å². The summed E-state index contributed by atoms with van der Waals surface area (Å²) in [7, 11) is 0. The molecule has 1 rings (SSSR count). The maximum absolute atomic E-state index is 12.3. The first-order valence-electron chi connectivity index (χ1n) is 4.75. The van der Waals surface area contributed by atoms with Crippen molar-refractivity contribution in [2.75, 3.05) is 19.8 Å². The molecular formula is C9H10ClF3N2O2. The van der Waals surface area contributed by atoms with Crippen molar-refractivity contribution in [3.63, 3.8) is 0 Å². The van der Waals surface area contributed by atoms with E-state index in [2.05, 4.69) is 9.97 Å². The van der Waals surface area contributed by atoms with Crippen LogP contribution in [0.1, 0.15) is 12.7 Å². The van der Waals surface area contributed by atoms with Gasteiger partial charge >= 0.3 is 6.18 Å². The van der Waals surface area contributed by atoms with Crippen LogP contribution in [0.5, 0.6) is 5.88 Å². The van der Waals surface area contributed by atoms with Crippen molar-refractivity contribution < 1.29 is 22.6 Å². The summed E-state index contributed by atoms with van der Waals surface area (Å²) in [6.07, 6.45) is -4.65. The summed E-state index contributed by atoms with van der Waals surface area (Å²) in [4.78, 5) is 6.27. The van der Waals surface area contributed by atoms with Crippen LogP contribution in [0.15, 0.2) is 6.07 Å². The van der Waals surface area contributed by atoms with Crippen molar-refractivity contribution in [2.24, 2.45) is 0 Å². The lowest BCUT2D eigenvalue weighted by atomic mass is 10.5. The van der Waals surface area contributed by atoms with Gasteiger partial charge in [0.25, 0.3) is 0 Å². The number of rotatable bonds is 5. The summed E-state index contributed by atoms with van der Waals surface area (Å²) in [6.45, 7) is 2.66. The monoisotopic (exact) mass is 270 g/mol. The van der Waals surface area contributed by atoms with Crippen LogP contribution in [0.3, 0.4) is 0 Å². The number of hydrogen-bond donors (Lipinski definition) is 0. The molecule has 0 unspecified atom stereocenters. The molecule has 0 amide bonds. The Morgan fingerprint density at radius 3 is 2.59 bits per heavy atom. The zero-order valence-corrected chi connectivity index (χ0v) is 9.68. The quantitative estimate of drug-likeness (QED) is 0.609. The average Bonchev–Trinajstić information content (AvgIpc) is 2.22. The van der Waals surface area contributed by atoms with Gasteiger partial charge in [0.1, 0.15) is 11.8 Å². The van der Waals surface area contributed by atoms with E-state index in [0.29, 0.717) is 6.61 Å². The normalized spacial score (nSPS) is 11.6. The Morgan fingerprint density at radius 1 is 1.29 bits per heavy atom. The van der Waals surface area contributed by atoms with Crippen molar-refractivity contribution in [3.8, 4) is 5.88 Å². The van der Waals surface area contributed by atoms with Crippen molar-refractivity contribution in [3.05, 3.63) is 17.0 Å². The van der Waals surface area contributed by atoms with Crippen molar-refractivity contribution in [1.82, 2.24) is 9.97 Å². The van der Waals surface area contributed by atoms with Crippen LogP contribution in [0.4, 0.5) is 13.2 Å². The Hall–Kier alpha value is -1.08. The van der Waals surface area contributed by atoms with Crippen molar-refractivity contribution in [2.45, 2.75) is 13.1 Å². The van der Waals surface area contributed by atoms with Gasteiger partial charge in [0, 0.05) is 12.7 Å². The van der Waals surface area contributed by atoms with E-state index in [-0.39, 0.29) is 24.2 Å². The maximum Gasteiger partial charge on any atom is 0.451 e. The largest absolute Gasteiger partial charge is 0.475 e. The van der Waals surface area contributed by atoms with Crippen LogP contribution in [-0.2, 0) is 10.9 Å². The second-order valence-electron chi connectivity index (χ2n) is 2.90. The lowest BCUT2D eigenvalue weighted by Crippen LogP contribution is -2.13. The van der Waals surface area contributed by atoms with Crippen LogP contribution in [0.25, 0.3) is 0 Å². The molecular weight excluding hydrogens is 261 g/mol. The highest BCUT2D eigenvalue weighted by Gasteiger charge is 2.35. The first-order chi connectivity index (χ1) is 7.93. The zero-order valence-electron chi connectivity index (χ0n) is 8.92. The number of alkyl halides is 3. The summed E-state index contributed by atoms with van der Waals surface area (Å²) in [5.41, 5.74) is 0. The summed E-state index contributed by atoms with van der Waals surface area (Å²) in [6, 6.07) is 1.11. The van der Waals surface area contributed by atoms with Crippen LogP contribution in [-0.4, -0.2) is 29.8 Å². The topological polar surface area (TPSA) is 44.2 Å². The molecule has 96 valence electrons. The molecule has 0 spiro atoms. The average molecular weight is 271 g/mol. The SMILES string of the molecule is CCOCCOc1cc(Cl)nc(C(F)(F)F)n1. The minimum absolute atomic E-state index is 0.0957. The molecule has 8 heteroatoms. The molecule has 0 aromatic carbocycles. The Balaban J connectivity index is 2.69. The molecule has 0 aliphatic heterocycles. The molecule has 0 aliphatic rings. The van der Waals surface area contributed by atoms with E-state index in [9.17, 15) is 13.2 Å². The minimum Gasteiger partial charge on any atom is -0.475 e. The number of halogens is 4. The fourth-order valence-corrected chi connectivity index (χ4v) is 1.12. The summed E-state index contributed by atoms with van der Waals surface area (Å²) < 4.78 is 46.9. The first kappa shape index (κ1) is 14.0. The third-order valence-electron chi connectivity index (χ3n) is 1.61. The molecule has 4 nitrogen and oxygen atoms in total. The van der Waals surface area contributed by atoms with E-state index in [1.54, 1.807) is 6.92 Å². The van der Waals surface area contributed by atoms with Gasteiger partial charge in [-0.2, -0.15) is 18.2 Å². The van der Waals surface area contributed by atoms with E-state index in [1.165, 1.54) is 0 Å². The molecule has 0 saturated carbocycles. The van der Waals surface area contributed by atoms with Gasteiger partial charge in [-0.25, -0.2) is 4.98 Å². The minimum atomic E-state index is -4.65. The van der Waals surface area contributed by atoms with Crippen molar-refractivity contribution in [1.29, 1.82) is 0 Å². The standard InChI is InChI=1S/C9H10ClF3N2O2/c1-2-16-3-4-17-7-5-6(10)14-8(15-7)9(11,12)13/h5H,2-4H2,1H3. The van der Waals surface area contributed by atoms with Gasteiger partial charge < -0.3 is 9.47 Å². The smallest absolute Gasteiger partial charge is 0.451 e. The van der Waals surface area contributed by atoms with E-state index in [4.69, 9.17) is 21.1 Å². The molecule has 0 bridgehead atoms. The highest BCUT2D eigenvalue weighted by atomic mass is 35.5. The number of hydrogen-bond acceptors (Lipinski definition) is 4. The van der Waals surface area contributed by atoms with Crippen LogP contribution >= 0.6 is 11.6 Å². The van der Waals surface area contributed by atoms with Crippen molar-refractivity contribution >= 4 is 11.6 Å². The fourth-order valence-electron chi connectivity index (χ4n) is 0.947. The van der Waals surface area contributed by atoms with Crippen LogP contribution < -0.4 is 4.74 Å². The molecule has 1 aromatic rings. The van der Waals surface area contributed by atoms with Gasteiger partial charge in [0.15, 0.2) is 0 Å². The predicted molar refractivity (Wildman–Crippen MR) is 54.0 cm³/mol. The molecule has 0 radical (unpaired) electrons. The summed E-state index contributed by atoms with van der Waals surface area (Å²) in [5.74, 6) is -1.55. The molecule has 0 fully saturated rings. The summed E-state index contributed by atoms with van der Waals surface area (Å²) >= 11 is 5.43. The molecule has 0 atom stereocenters. The predicted octanol–water partition coefficient (Wildman–Crippen LogP) is 2.56. The Morgan fingerprint density at radius 2 is 2.00 bits per heavy atom. The Labute approximate surface area is 101 Å². The lowest BCUT2D eigenvalue weighted by Gasteiger charge is -2.09. The van der Waals surface area contributed by atoms with E-state index in [1.807, 2.05) is 0 Å². The van der Waals surface area contributed by atoms with E-state index in [0.717, 1.165) is 6.07 Å². The zero-order chi connectivity index (χ0) is 12.9. The van der Waals surface area contributed by atoms with Gasteiger partial charge in [0.2, 0.25) is 11.7 Å². The molecule has 0 N–H and O–H groups in total. The fraction of sp³-hybridized carbons (Fsp3) is 0.556. The number of nitrogens with zero attached hydrogens (tertiary/aromatic N) is 2. The molecule has 1 heterocycles. The highest BCUT2D eigenvalue weighted by molar-refractivity contribution is 6.29. The molecule has 0 saturated heterocycles. The third-order valence-corrected chi connectivity index (χ3v) is 1.80. The summed E-state index contributed by atoms with van der Waals surface area (Å²) in [5, 5.41) is -0.321. The first-order valence-corrected chi connectivity index (χ1v) is 5.13. The van der Waals surface area contributed by atoms with E-state index < -0.39 is 12.0 Å². The van der Waals surface area contributed by atoms with E-state index >= 15 is 0 Å². The van der Waals surface area contributed by atoms with Gasteiger partial charge in [-0.15, -0.1) is 0 Å². The highest BCUT2D eigenvalue weighted by Crippen LogP contribution is 2.28. The van der Waals surface area contributed by atoms with Crippen LogP contribution in [0.2, 0.25) is 5.15 Å². The number of aromatic nitrogens is 2. The maximum atomic E-state index is 12.3. The van der Waals surface area contributed by atoms with Gasteiger partial charge in [-0.3, -0.25) is 0 Å². The second-order valence-corrected chi connectivity index (χ2v) is 3.28. The molecule has 0 aliphatic carbocycles. The Bertz CT molecular complexity index is 374. The third kappa shape index (κ3) is 4.74. The van der Waals surface area contributed by atoms with Crippen LogP contribution in [0, 0.1) is 0 Å². The Kier molecular flexibility index (Phi) is 4.95. The molecule has 17 heavy (non-hydrogen) atoms. The number of ether oxygens (including phenoxy) is 2. The lowest BCUT2D eigenvalue weighted by molar-refractivity contribution is -0.145. The van der Waals surface area contributed by atoms with Gasteiger partial charge in [-0.1, -0.05) is 11.6 Å². The van der Waals surface area contributed by atoms with Gasteiger partial charge in [0.05, 0.1) is 6.61 Å². The second kappa shape index (κ2) is 6.02. The molecule has 1 aromatic heterocycles.